The lowest BCUT2D eigenvalue weighted by Gasteiger charge is -2.06. The van der Waals surface area contributed by atoms with Gasteiger partial charge in [-0.2, -0.15) is 4.37 Å². The highest BCUT2D eigenvalue weighted by Crippen LogP contribution is 2.33. The number of anilines is 1. The van der Waals surface area contributed by atoms with E-state index in [1.165, 1.54) is 11.5 Å². The molecule has 0 fully saturated rings. The summed E-state index contributed by atoms with van der Waals surface area (Å²) < 4.78 is 14.8. The largest absolute Gasteiger partial charge is 0.454 e. The fraction of sp³-hybridized carbons (Fsp3) is 0.286. The molecular weight excluding hydrogens is 276 g/mol. The third-order valence-corrected chi connectivity index (χ3v) is 4.00. The standard InChI is InChI=1S/C14H14N2O3S/c1-8-13(9(2)17)14(20-16-8)15-6-10-3-4-11-12(5-10)19-7-18-11/h3-5,15H,6-7H2,1-2H3. The summed E-state index contributed by atoms with van der Waals surface area (Å²) in [6.45, 7) is 4.29. The normalized spacial score (nSPS) is 12.5. The van der Waals surface area contributed by atoms with Gasteiger partial charge in [-0.25, -0.2) is 0 Å². The van der Waals surface area contributed by atoms with Gasteiger partial charge >= 0.3 is 0 Å². The molecule has 2 heterocycles. The van der Waals surface area contributed by atoms with Crippen LogP contribution in [0, 0.1) is 6.92 Å². The van der Waals surface area contributed by atoms with E-state index in [1.54, 1.807) is 6.92 Å². The number of rotatable bonds is 4. The summed E-state index contributed by atoms with van der Waals surface area (Å²) in [7, 11) is 0. The average molecular weight is 290 g/mol. The Hall–Kier alpha value is -2.08. The van der Waals surface area contributed by atoms with Crippen LogP contribution in [0.5, 0.6) is 11.5 Å². The van der Waals surface area contributed by atoms with E-state index in [-0.39, 0.29) is 12.6 Å². The first-order valence-corrected chi connectivity index (χ1v) is 7.02. The summed E-state index contributed by atoms with van der Waals surface area (Å²) in [5.41, 5.74) is 2.52. The van der Waals surface area contributed by atoms with E-state index >= 15 is 0 Å². The molecule has 0 saturated heterocycles. The van der Waals surface area contributed by atoms with E-state index in [2.05, 4.69) is 9.69 Å². The zero-order valence-electron chi connectivity index (χ0n) is 11.2. The lowest BCUT2D eigenvalue weighted by atomic mass is 10.1. The molecule has 1 aliphatic rings. The molecule has 5 nitrogen and oxygen atoms in total. The van der Waals surface area contributed by atoms with Crippen LogP contribution in [-0.4, -0.2) is 16.9 Å². The predicted octanol–water partition coefficient (Wildman–Crippen LogP) is 2.99. The molecule has 104 valence electrons. The van der Waals surface area contributed by atoms with Crippen molar-refractivity contribution in [2.75, 3.05) is 12.1 Å². The molecule has 1 N–H and O–H groups in total. The number of aryl methyl sites for hydroxylation is 1. The van der Waals surface area contributed by atoms with Gasteiger partial charge in [-0.1, -0.05) is 6.07 Å². The predicted molar refractivity (Wildman–Crippen MR) is 76.7 cm³/mol. The first-order valence-electron chi connectivity index (χ1n) is 6.25. The number of ketones is 1. The van der Waals surface area contributed by atoms with Gasteiger partial charge in [0.05, 0.1) is 11.3 Å². The van der Waals surface area contributed by atoms with Crippen molar-refractivity contribution in [2.24, 2.45) is 0 Å². The van der Waals surface area contributed by atoms with Gasteiger partial charge in [0, 0.05) is 6.54 Å². The van der Waals surface area contributed by atoms with Gasteiger partial charge in [0.25, 0.3) is 0 Å². The average Bonchev–Trinajstić information content (AvgIpc) is 3.01. The third kappa shape index (κ3) is 2.34. The molecule has 20 heavy (non-hydrogen) atoms. The van der Waals surface area contributed by atoms with E-state index < -0.39 is 0 Å². The zero-order valence-corrected chi connectivity index (χ0v) is 12.0. The van der Waals surface area contributed by atoms with Gasteiger partial charge in [0.2, 0.25) is 6.79 Å². The van der Waals surface area contributed by atoms with Crippen LogP contribution in [0.1, 0.15) is 28.5 Å². The Morgan fingerprint density at radius 2 is 2.20 bits per heavy atom. The molecule has 0 bridgehead atoms. The second-order valence-corrected chi connectivity index (χ2v) is 5.34. The first kappa shape index (κ1) is 12.9. The number of hydrogen-bond donors (Lipinski definition) is 1. The van der Waals surface area contributed by atoms with Gasteiger partial charge in [0.15, 0.2) is 17.3 Å². The van der Waals surface area contributed by atoms with E-state index in [9.17, 15) is 4.79 Å². The maximum Gasteiger partial charge on any atom is 0.231 e. The summed E-state index contributed by atoms with van der Waals surface area (Å²) in [5.74, 6) is 1.56. The number of ether oxygens (including phenoxy) is 2. The minimum absolute atomic E-state index is 0.0319. The number of benzene rings is 1. The number of hydrogen-bond acceptors (Lipinski definition) is 6. The van der Waals surface area contributed by atoms with E-state index in [4.69, 9.17) is 9.47 Å². The molecule has 0 amide bonds. The molecule has 3 rings (SSSR count). The van der Waals surface area contributed by atoms with Crippen molar-refractivity contribution in [1.82, 2.24) is 4.37 Å². The van der Waals surface area contributed by atoms with Crippen molar-refractivity contribution in [3.63, 3.8) is 0 Å². The van der Waals surface area contributed by atoms with Crippen molar-refractivity contribution in [2.45, 2.75) is 20.4 Å². The van der Waals surface area contributed by atoms with Gasteiger partial charge in [0.1, 0.15) is 5.00 Å². The van der Waals surface area contributed by atoms with Crippen molar-refractivity contribution >= 4 is 22.3 Å². The molecule has 6 heteroatoms. The molecule has 0 unspecified atom stereocenters. The van der Waals surface area contributed by atoms with Gasteiger partial charge in [-0.15, -0.1) is 0 Å². The minimum Gasteiger partial charge on any atom is -0.454 e. The number of fused-ring (bicyclic) bond motifs is 1. The van der Waals surface area contributed by atoms with Crippen molar-refractivity contribution in [3.8, 4) is 11.5 Å². The van der Waals surface area contributed by atoms with Crippen LogP contribution in [0.2, 0.25) is 0 Å². The smallest absolute Gasteiger partial charge is 0.231 e. The van der Waals surface area contributed by atoms with Gasteiger partial charge < -0.3 is 14.8 Å². The molecule has 1 aliphatic heterocycles. The van der Waals surface area contributed by atoms with Crippen molar-refractivity contribution < 1.29 is 14.3 Å². The molecule has 0 aliphatic carbocycles. The van der Waals surface area contributed by atoms with Crippen molar-refractivity contribution in [1.29, 1.82) is 0 Å². The van der Waals surface area contributed by atoms with Crippen LogP contribution in [-0.2, 0) is 6.54 Å². The summed E-state index contributed by atoms with van der Waals surface area (Å²) in [4.78, 5) is 11.6. The summed E-state index contributed by atoms with van der Waals surface area (Å²) >= 11 is 1.31. The van der Waals surface area contributed by atoms with Crippen LogP contribution in [0.3, 0.4) is 0 Å². The van der Waals surface area contributed by atoms with Crippen LogP contribution in [0.4, 0.5) is 5.00 Å². The number of aromatic nitrogens is 1. The number of nitrogens with one attached hydrogen (secondary N) is 1. The van der Waals surface area contributed by atoms with E-state index in [0.717, 1.165) is 27.8 Å². The molecule has 1 aromatic heterocycles. The number of nitrogens with zero attached hydrogens (tertiary/aromatic N) is 1. The highest BCUT2D eigenvalue weighted by atomic mass is 32.1. The number of Topliss-reactive ketones (excluding diaryl/α,β-unsaturated/α-hetero) is 1. The zero-order chi connectivity index (χ0) is 14.1. The maximum atomic E-state index is 11.6. The Labute approximate surface area is 120 Å². The summed E-state index contributed by atoms with van der Waals surface area (Å²) in [6.07, 6.45) is 0. The Balaban J connectivity index is 1.75. The molecule has 0 spiro atoms. The SMILES string of the molecule is CC(=O)c1c(C)nsc1NCc1ccc2c(c1)OCO2. The van der Waals surface area contributed by atoms with E-state index in [0.29, 0.717) is 12.1 Å². The Morgan fingerprint density at radius 1 is 1.40 bits per heavy atom. The van der Waals surface area contributed by atoms with Crippen molar-refractivity contribution in [3.05, 3.63) is 35.0 Å². The molecule has 0 saturated carbocycles. The highest BCUT2D eigenvalue weighted by Gasteiger charge is 2.16. The molecule has 1 aromatic carbocycles. The number of carbonyl (C=O) groups is 1. The molecule has 0 atom stereocenters. The Bertz CT molecular complexity index is 666. The van der Waals surface area contributed by atoms with Crippen LogP contribution >= 0.6 is 11.5 Å². The molecule has 0 radical (unpaired) electrons. The lowest BCUT2D eigenvalue weighted by molar-refractivity contribution is 0.101. The topological polar surface area (TPSA) is 60.5 Å². The second kappa shape index (κ2) is 5.13. The van der Waals surface area contributed by atoms with E-state index in [1.807, 2.05) is 25.1 Å². The van der Waals surface area contributed by atoms with Crippen LogP contribution < -0.4 is 14.8 Å². The number of carbonyl (C=O) groups excluding carboxylic acids is 1. The molecular formula is C14H14N2O3S. The third-order valence-electron chi connectivity index (χ3n) is 3.10. The fourth-order valence-electron chi connectivity index (χ4n) is 2.14. The maximum absolute atomic E-state index is 11.6. The first-order chi connectivity index (χ1) is 9.65. The minimum atomic E-state index is 0.0319. The summed E-state index contributed by atoms with van der Waals surface area (Å²) in [5, 5.41) is 4.07. The Kier molecular flexibility index (Phi) is 3.31. The summed E-state index contributed by atoms with van der Waals surface area (Å²) in [6, 6.07) is 5.81. The van der Waals surface area contributed by atoms with Crippen LogP contribution in [0.25, 0.3) is 0 Å². The fourth-order valence-corrected chi connectivity index (χ4v) is 2.98. The second-order valence-electron chi connectivity index (χ2n) is 4.57. The van der Waals surface area contributed by atoms with Gasteiger partial charge in [-0.05, 0) is 43.1 Å². The van der Waals surface area contributed by atoms with Crippen LogP contribution in [0.15, 0.2) is 18.2 Å². The highest BCUT2D eigenvalue weighted by molar-refractivity contribution is 7.10. The van der Waals surface area contributed by atoms with Gasteiger partial charge in [-0.3, -0.25) is 4.79 Å². The molecule has 2 aromatic rings. The Morgan fingerprint density at radius 3 is 3.00 bits per heavy atom. The monoisotopic (exact) mass is 290 g/mol. The quantitative estimate of drug-likeness (QED) is 0.877. The lowest BCUT2D eigenvalue weighted by Crippen LogP contribution is -2.03.